The van der Waals surface area contributed by atoms with E-state index in [0.717, 1.165) is 16.2 Å². The smallest absolute Gasteiger partial charge is 0.281 e. The summed E-state index contributed by atoms with van der Waals surface area (Å²) >= 11 is 1.60. The number of para-hydroxylation sites is 2. The van der Waals surface area contributed by atoms with Crippen molar-refractivity contribution in [2.24, 2.45) is 5.10 Å². The summed E-state index contributed by atoms with van der Waals surface area (Å²) in [6, 6.07) is 16.6. The van der Waals surface area contributed by atoms with Crippen LogP contribution in [0.1, 0.15) is 22.9 Å². The van der Waals surface area contributed by atoms with Crippen LogP contribution >= 0.6 is 11.3 Å². The van der Waals surface area contributed by atoms with Gasteiger partial charge in [-0.3, -0.25) is 4.79 Å². The minimum Gasteiger partial charge on any atom is -0.493 e. The summed E-state index contributed by atoms with van der Waals surface area (Å²) in [5, 5.41) is 8.17. The Morgan fingerprint density at radius 3 is 2.38 bits per heavy atom. The lowest BCUT2D eigenvalue weighted by molar-refractivity contribution is -0.135. The van der Waals surface area contributed by atoms with Gasteiger partial charge in [0, 0.05) is 6.42 Å². The van der Waals surface area contributed by atoms with E-state index in [4.69, 9.17) is 18.9 Å². The Bertz CT molecular complexity index is 1110. The molecule has 32 heavy (non-hydrogen) atoms. The standard InChI is InChI=1S/C24H24N2O5S/c1-28-19-7-4-5-8-21(19)31-15-24(27)26-18(14-17(25-26)23-9-6-12-32-23)16-10-11-20(29-2)22(13-16)30-3/h4-13,18H,14-15H2,1-3H3. The quantitative estimate of drug-likeness (QED) is 0.502. The monoisotopic (exact) mass is 452 g/mol. The van der Waals surface area contributed by atoms with E-state index in [1.807, 2.05) is 47.8 Å². The van der Waals surface area contributed by atoms with Crippen LogP contribution in [0.15, 0.2) is 65.1 Å². The summed E-state index contributed by atoms with van der Waals surface area (Å²) in [4.78, 5) is 14.2. The number of rotatable bonds is 8. The van der Waals surface area contributed by atoms with Crippen molar-refractivity contribution in [1.82, 2.24) is 5.01 Å². The molecule has 0 radical (unpaired) electrons. The molecule has 2 heterocycles. The molecular formula is C24H24N2O5S. The maximum absolute atomic E-state index is 13.2. The van der Waals surface area contributed by atoms with Crippen molar-refractivity contribution in [2.75, 3.05) is 27.9 Å². The van der Waals surface area contributed by atoms with Gasteiger partial charge in [0.2, 0.25) is 0 Å². The molecule has 0 spiro atoms. The normalized spacial score (nSPS) is 15.3. The van der Waals surface area contributed by atoms with E-state index in [0.29, 0.717) is 29.4 Å². The first-order chi connectivity index (χ1) is 15.6. The van der Waals surface area contributed by atoms with Crippen LogP contribution < -0.4 is 18.9 Å². The highest BCUT2D eigenvalue weighted by molar-refractivity contribution is 7.12. The number of nitrogens with zero attached hydrogens (tertiary/aromatic N) is 2. The molecule has 4 rings (SSSR count). The lowest BCUT2D eigenvalue weighted by atomic mass is 10.0. The molecule has 0 saturated carbocycles. The molecule has 1 aromatic heterocycles. The van der Waals surface area contributed by atoms with Crippen molar-refractivity contribution in [3.8, 4) is 23.0 Å². The van der Waals surface area contributed by atoms with Crippen molar-refractivity contribution in [3.63, 3.8) is 0 Å². The molecule has 0 aliphatic carbocycles. The van der Waals surface area contributed by atoms with Gasteiger partial charge in [-0.15, -0.1) is 11.3 Å². The Morgan fingerprint density at radius 2 is 1.69 bits per heavy atom. The van der Waals surface area contributed by atoms with Crippen LogP contribution in [0.4, 0.5) is 0 Å². The van der Waals surface area contributed by atoms with E-state index in [1.165, 1.54) is 5.01 Å². The molecule has 166 valence electrons. The second kappa shape index (κ2) is 9.74. The number of thiophene rings is 1. The van der Waals surface area contributed by atoms with Crippen LogP contribution in [0, 0.1) is 0 Å². The van der Waals surface area contributed by atoms with E-state index in [9.17, 15) is 4.79 Å². The third kappa shape index (κ3) is 4.40. The summed E-state index contributed by atoms with van der Waals surface area (Å²) in [5.41, 5.74) is 1.77. The zero-order valence-corrected chi connectivity index (χ0v) is 18.9. The highest BCUT2D eigenvalue weighted by atomic mass is 32.1. The summed E-state index contributed by atoms with van der Waals surface area (Å²) in [5.74, 6) is 2.06. The second-order valence-corrected chi connectivity index (χ2v) is 7.98. The maximum Gasteiger partial charge on any atom is 0.281 e. The molecule has 1 unspecified atom stereocenters. The summed E-state index contributed by atoms with van der Waals surface area (Å²) in [6.45, 7) is -0.161. The minimum absolute atomic E-state index is 0.161. The molecule has 1 aliphatic heterocycles. The van der Waals surface area contributed by atoms with Crippen LogP contribution in [0.2, 0.25) is 0 Å². The number of benzene rings is 2. The van der Waals surface area contributed by atoms with E-state index in [2.05, 4.69) is 5.10 Å². The lowest BCUT2D eigenvalue weighted by Gasteiger charge is -2.23. The van der Waals surface area contributed by atoms with Crippen LogP contribution in [0.25, 0.3) is 0 Å². The van der Waals surface area contributed by atoms with E-state index < -0.39 is 0 Å². The Labute approximate surface area is 190 Å². The highest BCUT2D eigenvalue weighted by Gasteiger charge is 2.34. The number of hydrogen-bond acceptors (Lipinski definition) is 7. The number of ether oxygens (including phenoxy) is 4. The van der Waals surface area contributed by atoms with E-state index in [1.54, 1.807) is 44.8 Å². The van der Waals surface area contributed by atoms with Crippen molar-refractivity contribution in [3.05, 3.63) is 70.4 Å². The fraction of sp³-hybridized carbons (Fsp3) is 0.250. The van der Waals surface area contributed by atoms with Gasteiger partial charge in [-0.2, -0.15) is 5.10 Å². The van der Waals surface area contributed by atoms with Crippen LogP contribution in [0.3, 0.4) is 0 Å². The molecule has 8 heteroatoms. The molecule has 1 atom stereocenters. The maximum atomic E-state index is 13.2. The fourth-order valence-electron chi connectivity index (χ4n) is 3.60. The number of hydrazone groups is 1. The third-order valence-electron chi connectivity index (χ3n) is 5.18. The van der Waals surface area contributed by atoms with Crippen LogP contribution in [0.5, 0.6) is 23.0 Å². The average Bonchev–Trinajstić information content (AvgIpc) is 3.52. The molecule has 0 N–H and O–H groups in total. The summed E-state index contributed by atoms with van der Waals surface area (Å²) < 4.78 is 21.9. The number of carbonyl (C=O) groups excluding carboxylic acids is 1. The number of hydrogen-bond donors (Lipinski definition) is 0. The van der Waals surface area contributed by atoms with Gasteiger partial charge in [-0.05, 0) is 41.3 Å². The summed E-state index contributed by atoms with van der Waals surface area (Å²) in [6.07, 6.45) is 0.594. The van der Waals surface area contributed by atoms with Crippen molar-refractivity contribution in [2.45, 2.75) is 12.5 Å². The minimum atomic E-state index is -0.277. The molecule has 0 saturated heterocycles. The predicted molar refractivity (Wildman–Crippen MR) is 123 cm³/mol. The molecule has 0 fully saturated rings. The first kappa shape index (κ1) is 21.7. The van der Waals surface area contributed by atoms with E-state index in [-0.39, 0.29) is 18.6 Å². The van der Waals surface area contributed by atoms with Gasteiger partial charge in [-0.25, -0.2) is 5.01 Å². The summed E-state index contributed by atoms with van der Waals surface area (Å²) in [7, 11) is 4.75. The Hall–Kier alpha value is -3.52. The van der Waals surface area contributed by atoms with Crippen molar-refractivity contribution >= 4 is 23.0 Å². The average molecular weight is 453 g/mol. The Kier molecular flexibility index (Phi) is 6.61. The molecule has 3 aromatic rings. The third-order valence-corrected chi connectivity index (χ3v) is 6.10. The predicted octanol–water partition coefficient (Wildman–Crippen LogP) is 4.53. The molecule has 0 bridgehead atoms. The molecule has 1 amide bonds. The van der Waals surface area contributed by atoms with Gasteiger partial charge < -0.3 is 18.9 Å². The first-order valence-electron chi connectivity index (χ1n) is 10.1. The highest BCUT2D eigenvalue weighted by Crippen LogP contribution is 2.38. The first-order valence-corrected chi connectivity index (χ1v) is 10.9. The van der Waals surface area contributed by atoms with Crippen molar-refractivity contribution < 1.29 is 23.7 Å². The molecule has 1 aliphatic rings. The topological polar surface area (TPSA) is 69.6 Å². The zero-order valence-electron chi connectivity index (χ0n) is 18.1. The molecular weight excluding hydrogens is 428 g/mol. The van der Waals surface area contributed by atoms with Crippen molar-refractivity contribution in [1.29, 1.82) is 0 Å². The number of carbonyl (C=O) groups is 1. The van der Waals surface area contributed by atoms with Gasteiger partial charge in [-0.1, -0.05) is 24.3 Å². The zero-order chi connectivity index (χ0) is 22.5. The van der Waals surface area contributed by atoms with Crippen LogP contribution in [-0.4, -0.2) is 44.6 Å². The Morgan fingerprint density at radius 1 is 0.969 bits per heavy atom. The molecule has 2 aromatic carbocycles. The Balaban J connectivity index is 1.60. The van der Waals surface area contributed by atoms with Gasteiger partial charge in [0.15, 0.2) is 29.6 Å². The van der Waals surface area contributed by atoms with Gasteiger partial charge >= 0.3 is 0 Å². The second-order valence-electron chi connectivity index (χ2n) is 7.04. The largest absolute Gasteiger partial charge is 0.493 e. The number of amides is 1. The van der Waals surface area contributed by atoms with Gasteiger partial charge in [0.05, 0.1) is 38.0 Å². The fourth-order valence-corrected chi connectivity index (χ4v) is 4.32. The van der Waals surface area contributed by atoms with Gasteiger partial charge in [0.25, 0.3) is 5.91 Å². The SMILES string of the molecule is COc1ccc(C2CC(c3cccs3)=NN2C(=O)COc2ccccc2OC)cc1OC. The number of methoxy groups -OCH3 is 3. The van der Waals surface area contributed by atoms with E-state index >= 15 is 0 Å². The van der Waals surface area contributed by atoms with Gasteiger partial charge in [0.1, 0.15) is 0 Å². The molecule has 7 nitrogen and oxygen atoms in total. The van der Waals surface area contributed by atoms with Crippen LogP contribution in [-0.2, 0) is 4.79 Å². The lowest BCUT2D eigenvalue weighted by Crippen LogP contribution is -2.31.